The van der Waals surface area contributed by atoms with Crippen LogP contribution in [0.2, 0.25) is 5.15 Å². The van der Waals surface area contributed by atoms with E-state index in [0.29, 0.717) is 16.5 Å². The predicted octanol–water partition coefficient (Wildman–Crippen LogP) is 3.81. The number of rotatable bonds is 2. The van der Waals surface area contributed by atoms with E-state index in [0.717, 1.165) is 21.5 Å². The molecule has 1 fully saturated rings. The van der Waals surface area contributed by atoms with Gasteiger partial charge in [0.25, 0.3) is 0 Å². The Labute approximate surface area is 109 Å². The summed E-state index contributed by atoms with van der Waals surface area (Å²) in [5.74, 6) is 1.43. The standard InChI is InChI=1S/C11H14ClIN2/c1-4-7-8(13)9(12)15-10(14-7)6-5-11(6,2)3/h6H,4-5H2,1-3H3. The molecule has 1 atom stereocenters. The smallest absolute Gasteiger partial charge is 0.146 e. The zero-order valence-electron chi connectivity index (χ0n) is 9.14. The quantitative estimate of drug-likeness (QED) is 0.606. The summed E-state index contributed by atoms with van der Waals surface area (Å²) in [5.41, 5.74) is 1.44. The third-order valence-corrected chi connectivity index (χ3v) is 4.78. The SMILES string of the molecule is CCc1nc(C2CC2(C)C)nc(Cl)c1I. The molecule has 0 aliphatic heterocycles. The second-order valence-corrected chi connectivity index (χ2v) is 6.17. The Balaban J connectivity index is 2.39. The van der Waals surface area contributed by atoms with Gasteiger partial charge in [0.05, 0.1) is 9.26 Å². The summed E-state index contributed by atoms with van der Waals surface area (Å²) in [4.78, 5) is 8.99. The molecule has 0 N–H and O–H groups in total. The van der Waals surface area contributed by atoms with Crippen molar-refractivity contribution in [2.45, 2.75) is 39.5 Å². The van der Waals surface area contributed by atoms with Gasteiger partial charge in [0, 0.05) is 5.92 Å². The van der Waals surface area contributed by atoms with Crippen molar-refractivity contribution in [3.8, 4) is 0 Å². The molecule has 1 aliphatic rings. The molecule has 0 aromatic carbocycles. The average Bonchev–Trinajstić information content (AvgIpc) is 2.80. The maximum Gasteiger partial charge on any atom is 0.146 e. The largest absolute Gasteiger partial charge is 0.236 e. The topological polar surface area (TPSA) is 25.8 Å². The summed E-state index contributed by atoms with van der Waals surface area (Å²) in [7, 11) is 0. The van der Waals surface area contributed by atoms with Crippen LogP contribution < -0.4 is 0 Å². The van der Waals surface area contributed by atoms with Crippen LogP contribution in [-0.4, -0.2) is 9.97 Å². The van der Waals surface area contributed by atoms with E-state index < -0.39 is 0 Å². The predicted molar refractivity (Wildman–Crippen MR) is 70.3 cm³/mol. The van der Waals surface area contributed by atoms with Crippen LogP contribution in [0.1, 0.15) is 44.6 Å². The Morgan fingerprint density at radius 3 is 2.53 bits per heavy atom. The first-order valence-corrected chi connectivity index (χ1v) is 6.63. The molecule has 1 saturated carbocycles. The van der Waals surface area contributed by atoms with Crippen LogP contribution in [0.4, 0.5) is 0 Å². The van der Waals surface area contributed by atoms with Crippen LogP contribution in [0.15, 0.2) is 0 Å². The highest BCUT2D eigenvalue weighted by Gasteiger charge is 2.48. The Morgan fingerprint density at radius 2 is 2.07 bits per heavy atom. The van der Waals surface area contributed by atoms with Gasteiger partial charge in [-0.05, 0) is 40.8 Å². The van der Waals surface area contributed by atoms with Crippen LogP contribution >= 0.6 is 34.2 Å². The van der Waals surface area contributed by atoms with Gasteiger partial charge in [0.1, 0.15) is 11.0 Å². The molecule has 2 nitrogen and oxygen atoms in total. The van der Waals surface area contributed by atoms with Gasteiger partial charge >= 0.3 is 0 Å². The van der Waals surface area contributed by atoms with E-state index in [4.69, 9.17) is 11.6 Å². The second kappa shape index (κ2) is 3.84. The molecule has 82 valence electrons. The number of aromatic nitrogens is 2. The molecular formula is C11H14ClIN2. The second-order valence-electron chi connectivity index (χ2n) is 4.73. The fourth-order valence-electron chi connectivity index (χ4n) is 1.78. The van der Waals surface area contributed by atoms with Crippen LogP contribution in [0.5, 0.6) is 0 Å². The molecule has 15 heavy (non-hydrogen) atoms. The minimum atomic E-state index is 0.362. The maximum atomic E-state index is 6.10. The van der Waals surface area contributed by atoms with E-state index in [9.17, 15) is 0 Å². The Morgan fingerprint density at radius 1 is 1.47 bits per heavy atom. The number of aryl methyl sites for hydroxylation is 1. The molecule has 0 amide bonds. The van der Waals surface area contributed by atoms with Crippen LogP contribution in [-0.2, 0) is 6.42 Å². The number of hydrogen-bond donors (Lipinski definition) is 0. The molecule has 0 spiro atoms. The first-order valence-electron chi connectivity index (χ1n) is 5.17. The molecule has 2 rings (SSSR count). The fraction of sp³-hybridized carbons (Fsp3) is 0.636. The monoisotopic (exact) mass is 336 g/mol. The molecule has 1 aliphatic carbocycles. The lowest BCUT2D eigenvalue weighted by molar-refractivity contribution is 0.606. The summed E-state index contributed by atoms with van der Waals surface area (Å²) in [6.07, 6.45) is 2.09. The summed E-state index contributed by atoms with van der Waals surface area (Å²) >= 11 is 8.32. The lowest BCUT2D eigenvalue weighted by atomic mass is 10.1. The fourth-order valence-corrected chi connectivity index (χ4v) is 2.60. The first-order chi connectivity index (χ1) is 6.95. The van der Waals surface area contributed by atoms with Gasteiger partial charge < -0.3 is 0 Å². The minimum absolute atomic E-state index is 0.362. The minimum Gasteiger partial charge on any atom is -0.236 e. The molecule has 1 aromatic heterocycles. The highest BCUT2D eigenvalue weighted by Crippen LogP contribution is 2.57. The summed E-state index contributed by atoms with van der Waals surface area (Å²) in [6.45, 7) is 6.60. The molecule has 0 bridgehead atoms. The average molecular weight is 337 g/mol. The van der Waals surface area contributed by atoms with Crippen molar-refractivity contribution in [3.63, 3.8) is 0 Å². The number of hydrogen-bond acceptors (Lipinski definition) is 2. The molecule has 0 saturated heterocycles. The Bertz CT molecular complexity index is 404. The van der Waals surface area contributed by atoms with Crippen molar-refractivity contribution in [2.75, 3.05) is 0 Å². The highest BCUT2D eigenvalue weighted by atomic mass is 127. The van der Waals surface area contributed by atoms with Gasteiger partial charge in [0.15, 0.2) is 0 Å². The van der Waals surface area contributed by atoms with E-state index in [1.54, 1.807) is 0 Å². The van der Waals surface area contributed by atoms with Crippen molar-refractivity contribution in [1.29, 1.82) is 0 Å². The van der Waals surface area contributed by atoms with E-state index in [2.05, 4.69) is 53.3 Å². The summed E-state index contributed by atoms with van der Waals surface area (Å²) in [6, 6.07) is 0. The lowest BCUT2D eigenvalue weighted by Gasteiger charge is -2.07. The first kappa shape index (κ1) is 11.6. The Hall–Kier alpha value is 0.100. The van der Waals surface area contributed by atoms with Crippen molar-refractivity contribution in [2.24, 2.45) is 5.41 Å². The number of nitrogens with zero attached hydrogens (tertiary/aromatic N) is 2. The summed E-state index contributed by atoms with van der Waals surface area (Å²) in [5, 5.41) is 0.611. The van der Waals surface area contributed by atoms with Gasteiger partial charge in [-0.3, -0.25) is 0 Å². The maximum absolute atomic E-state index is 6.10. The van der Waals surface area contributed by atoms with E-state index in [1.807, 2.05) is 0 Å². The third-order valence-electron chi connectivity index (χ3n) is 3.06. The van der Waals surface area contributed by atoms with E-state index >= 15 is 0 Å². The molecular weight excluding hydrogens is 322 g/mol. The zero-order valence-corrected chi connectivity index (χ0v) is 12.1. The van der Waals surface area contributed by atoms with E-state index in [-0.39, 0.29) is 0 Å². The molecule has 1 heterocycles. The third kappa shape index (κ3) is 2.13. The van der Waals surface area contributed by atoms with Gasteiger partial charge in [-0.1, -0.05) is 32.4 Å². The van der Waals surface area contributed by atoms with Gasteiger partial charge in [0.2, 0.25) is 0 Å². The number of halogens is 2. The van der Waals surface area contributed by atoms with Crippen LogP contribution in [0, 0.1) is 8.99 Å². The zero-order chi connectivity index (χ0) is 11.2. The van der Waals surface area contributed by atoms with Gasteiger partial charge in [-0.2, -0.15) is 0 Å². The van der Waals surface area contributed by atoms with Crippen molar-refractivity contribution >= 4 is 34.2 Å². The van der Waals surface area contributed by atoms with Crippen molar-refractivity contribution in [3.05, 3.63) is 20.2 Å². The van der Waals surface area contributed by atoms with Crippen LogP contribution in [0.25, 0.3) is 0 Å². The highest BCUT2D eigenvalue weighted by molar-refractivity contribution is 14.1. The molecule has 4 heteroatoms. The van der Waals surface area contributed by atoms with Crippen molar-refractivity contribution < 1.29 is 0 Å². The van der Waals surface area contributed by atoms with Gasteiger partial charge in [-0.15, -0.1) is 0 Å². The Kier molecular flexibility index (Phi) is 2.97. The van der Waals surface area contributed by atoms with Gasteiger partial charge in [-0.25, -0.2) is 9.97 Å². The van der Waals surface area contributed by atoms with Crippen LogP contribution in [0.3, 0.4) is 0 Å². The lowest BCUT2D eigenvalue weighted by Crippen LogP contribution is -2.03. The normalized spacial score (nSPS) is 22.9. The molecule has 1 unspecified atom stereocenters. The van der Waals surface area contributed by atoms with Crippen molar-refractivity contribution in [1.82, 2.24) is 9.97 Å². The summed E-state index contributed by atoms with van der Waals surface area (Å²) < 4.78 is 0.999. The molecule has 0 radical (unpaired) electrons. The molecule has 1 aromatic rings. The van der Waals surface area contributed by atoms with E-state index in [1.165, 1.54) is 6.42 Å².